The summed E-state index contributed by atoms with van der Waals surface area (Å²) < 4.78 is 7.20. The van der Waals surface area contributed by atoms with Crippen molar-refractivity contribution < 1.29 is 9.53 Å². The number of carbonyl (C=O) groups excluding carboxylic acids is 1. The van der Waals surface area contributed by atoms with E-state index in [0.717, 1.165) is 15.7 Å². The molecule has 152 valence electrons. The number of nitrogens with zero attached hydrogens (tertiary/aromatic N) is 4. The minimum atomic E-state index is -0.399. The fraction of sp³-hybridized carbons (Fsp3) is 0.286. The minimum absolute atomic E-state index is 0.0620. The molecule has 0 saturated carbocycles. The Labute approximate surface area is 179 Å². The van der Waals surface area contributed by atoms with E-state index in [1.54, 1.807) is 22.8 Å². The van der Waals surface area contributed by atoms with Crippen LogP contribution in [0.3, 0.4) is 0 Å². The number of rotatable bonds is 5. The SMILES string of the molecule is CN(C(=O)OCc1cc(Sc2ccccn2)n(-c2ccccc2Cl)n1)C(C)(C)C. The maximum Gasteiger partial charge on any atom is 0.410 e. The molecule has 3 aromatic rings. The second kappa shape index (κ2) is 8.88. The molecule has 0 N–H and O–H groups in total. The number of pyridine rings is 1. The first-order chi connectivity index (χ1) is 13.8. The van der Waals surface area contributed by atoms with Gasteiger partial charge in [0.15, 0.2) is 0 Å². The molecule has 0 unspecified atom stereocenters. The Morgan fingerprint density at radius 2 is 1.93 bits per heavy atom. The molecule has 0 saturated heterocycles. The molecule has 0 fully saturated rings. The number of amides is 1. The van der Waals surface area contributed by atoms with Gasteiger partial charge in [-0.1, -0.05) is 29.8 Å². The maximum atomic E-state index is 12.3. The van der Waals surface area contributed by atoms with Gasteiger partial charge in [-0.2, -0.15) is 5.10 Å². The highest BCUT2D eigenvalue weighted by molar-refractivity contribution is 7.99. The van der Waals surface area contributed by atoms with Crippen LogP contribution in [0.25, 0.3) is 5.69 Å². The van der Waals surface area contributed by atoms with Crippen molar-refractivity contribution in [2.75, 3.05) is 7.05 Å². The van der Waals surface area contributed by atoms with Crippen LogP contribution >= 0.6 is 23.4 Å². The van der Waals surface area contributed by atoms with Crippen molar-refractivity contribution in [3.63, 3.8) is 0 Å². The van der Waals surface area contributed by atoms with E-state index in [-0.39, 0.29) is 12.1 Å². The van der Waals surface area contributed by atoms with Crippen molar-refractivity contribution >= 4 is 29.5 Å². The van der Waals surface area contributed by atoms with Crippen LogP contribution in [0.2, 0.25) is 5.02 Å². The second-order valence-corrected chi connectivity index (χ2v) is 8.84. The quantitative estimate of drug-likeness (QED) is 0.539. The summed E-state index contributed by atoms with van der Waals surface area (Å²) in [7, 11) is 1.72. The summed E-state index contributed by atoms with van der Waals surface area (Å²) in [5.74, 6) is 0. The highest BCUT2D eigenvalue weighted by Gasteiger charge is 2.24. The largest absolute Gasteiger partial charge is 0.443 e. The van der Waals surface area contributed by atoms with Crippen LogP contribution in [0.5, 0.6) is 0 Å². The standard InChI is InChI=1S/C21H23ClN4O2S/c1-21(2,3)25(4)20(27)28-14-15-13-19(29-18-11-7-8-12-23-18)26(24-15)17-10-6-5-9-16(17)22/h5-13H,14H2,1-4H3. The van der Waals surface area contributed by atoms with Gasteiger partial charge in [0.2, 0.25) is 0 Å². The molecule has 1 amide bonds. The summed E-state index contributed by atoms with van der Waals surface area (Å²) in [6.45, 7) is 5.90. The average molecular weight is 431 g/mol. The first-order valence-corrected chi connectivity index (χ1v) is 10.3. The van der Waals surface area contributed by atoms with Gasteiger partial charge in [0.05, 0.1) is 10.7 Å². The molecule has 0 aliphatic carbocycles. The molecule has 0 aliphatic heterocycles. The Morgan fingerprint density at radius 3 is 2.59 bits per heavy atom. The second-order valence-electron chi connectivity index (χ2n) is 7.39. The lowest BCUT2D eigenvalue weighted by molar-refractivity contribution is 0.0749. The lowest BCUT2D eigenvalue weighted by atomic mass is 10.1. The van der Waals surface area contributed by atoms with E-state index >= 15 is 0 Å². The van der Waals surface area contributed by atoms with Crippen LogP contribution in [-0.2, 0) is 11.3 Å². The molecule has 29 heavy (non-hydrogen) atoms. The summed E-state index contributed by atoms with van der Waals surface area (Å²) >= 11 is 7.85. The van der Waals surface area contributed by atoms with Gasteiger partial charge in [-0.05, 0) is 62.9 Å². The van der Waals surface area contributed by atoms with Crippen LogP contribution in [0.15, 0.2) is 64.8 Å². The lowest BCUT2D eigenvalue weighted by Crippen LogP contribution is -2.42. The minimum Gasteiger partial charge on any atom is -0.443 e. The molecule has 1 aromatic carbocycles. The summed E-state index contributed by atoms with van der Waals surface area (Å²) in [6, 6.07) is 15.1. The number of halogens is 1. The number of para-hydroxylation sites is 1. The molecule has 8 heteroatoms. The van der Waals surface area contributed by atoms with Gasteiger partial charge in [0.25, 0.3) is 0 Å². The van der Waals surface area contributed by atoms with E-state index < -0.39 is 6.09 Å². The third kappa shape index (κ3) is 5.31. The van der Waals surface area contributed by atoms with Gasteiger partial charge in [-0.3, -0.25) is 0 Å². The third-order valence-corrected chi connectivity index (χ3v) is 5.55. The van der Waals surface area contributed by atoms with Crippen molar-refractivity contribution in [2.24, 2.45) is 0 Å². The van der Waals surface area contributed by atoms with E-state index in [4.69, 9.17) is 16.3 Å². The van der Waals surface area contributed by atoms with E-state index in [2.05, 4.69) is 10.1 Å². The average Bonchev–Trinajstić information content (AvgIpc) is 3.08. The van der Waals surface area contributed by atoms with Crippen molar-refractivity contribution in [3.05, 3.63) is 65.4 Å². The molecule has 0 aliphatic rings. The van der Waals surface area contributed by atoms with Crippen LogP contribution in [0.1, 0.15) is 26.5 Å². The van der Waals surface area contributed by atoms with Crippen molar-refractivity contribution in [1.82, 2.24) is 19.7 Å². The van der Waals surface area contributed by atoms with Crippen molar-refractivity contribution in [1.29, 1.82) is 0 Å². The van der Waals surface area contributed by atoms with E-state index in [1.807, 2.05) is 69.3 Å². The predicted molar refractivity (Wildman–Crippen MR) is 115 cm³/mol. The summed E-state index contributed by atoms with van der Waals surface area (Å²) in [5, 5.41) is 6.85. The van der Waals surface area contributed by atoms with Gasteiger partial charge in [-0.25, -0.2) is 14.5 Å². The van der Waals surface area contributed by atoms with Gasteiger partial charge in [-0.15, -0.1) is 0 Å². The molecule has 2 heterocycles. The molecule has 0 spiro atoms. The molecule has 2 aromatic heterocycles. The fourth-order valence-electron chi connectivity index (χ4n) is 2.37. The molecule has 0 bridgehead atoms. The molecule has 0 atom stereocenters. The predicted octanol–water partition coefficient (Wildman–Crippen LogP) is 5.44. The Hall–Kier alpha value is -2.51. The molecular formula is C21H23ClN4O2S. The Balaban J connectivity index is 1.86. The first kappa shape index (κ1) is 21.2. The number of hydrogen-bond acceptors (Lipinski definition) is 5. The normalized spacial score (nSPS) is 11.3. The fourth-order valence-corrected chi connectivity index (χ4v) is 3.48. The number of ether oxygens (including phenoxy) is 1. The zero-order valence-corrected chi connectivity index (χ0v) is 18.4. The third-order valence-electron chi connectivity index (χ3n) is 4.28. The molecular weight excluding hydrogens is 408 g/mol. The number of aromatic nitrogens is 3. The smallest absolute Gasteiger partial charge is 0.410 e. The van der Waals surface area contributed by atoms with E-state index in [9.17, 15) is 4.79 Å². The Morgan fingerprint density at radius 1 is 1.21 bits per heavy atom. The maximum absolute atomic E-state index is 12.3. The summed E-state index contributed by atoms with van der Waals surface area (Å²) in [5.41, 5.74) is 1.05. The van der Waals surface area contributed by atoms with Gasteiger partial charge in [0.1, 0.15) is 22.4 Å². The van der Waals surface area contributed by atoms with Crippen LogP contribution in [0.4, 0.5) is 4.79 Å². The lowest BCUT2D eigenvalue weighted by Gasteiger charge is -2.30. The zero-order chi connectivity index (χ0) is 21.0. The summed E-state index contributed by atoms with van der Waals surface area (Å²) in [4.78, 5) is 18.2. The Kier molecular flexibility index (Phi) is 6.49. The van der Waals surface area contributed by atoms with E-state index in [0.29, 0.717) is 10.7 Å². The van der Waals surface area contributed by atoms with Crippen LogP contribution in [0, 0.1) is 0 Å². The number of hydrogen-bond donors (Lipinski definition) is 0. The number of carbonyl (C=O) groups is 1. The first-order valence-electron chi connectivity index (χ1n) is 9.09. The van der Waals surface area contributed by atoms with Crippen LogP contribution < -0.4 is 0 Å². The molecule has 0 radical (unpaired) electrons. The zero-order valence-electron chi connectivity index (χ0n) is 16.8. The highest BCUT2D eigenvalue weighted by atomic mass is 35.5. The molecule has 3 rings (SSSR count). The number of benzene rings is 1. The van der Waals surface area contributed by atoms with Gasteiger partial charge >= 0.3 is 6.09 Å². The van der Waals surface area contributed by atoms with E-state index in [1.165, 1.54) is 11.8 Å². The Bertz CT molecular complexity index is 986. The van der Waals surface area contributed by atoms with Crippen molar-refractivity contribution in [3.8, 4) is 5.69 Å². The monoisotopic (exact) mass is 430 g/mol. The van der Waals surface area contributed by atoms with Gasteiger partial charge < -0.3 is 9.64 Å². The topological polar surface area (TPSA) is 60.3 Å². The summed E-state index contributed by atoms with van der Waals surface area (Å²) in [6.07, 6.45) is 1.34. The van der Waals surface area contributed by atoms with Gasteiger partial charge in [0, 0.05) is 18.8 Å². The molecule has 6 nitrogen and oxygen atoms in total. The highest BCUT2D eigenvalue weighted by Crippen LogP contribution is 2.31. The van der Waals surface area contributed by atoms with Crippen molar-refractivity contribution in [2.45, 2.75) is 43.0 Å². The van der Waals surface area contributed by atoms with Crippen LogP contribution in [-0.4, -0.2) is 38.3 Å².